The molecule has 3 heterocycles. The van der Waals surface area contributed by atoms with Crippen molar-refractivity contribution < 1.29 is 0 Å². The van der Waals surface area contributed by atoms with Crippen LogP contribution in [0.5, 0.6) is 0 Å². The number of fused-ring (bicyclic) bond motifs is 3. The topological polar surface area (TPSA) is 60.9 Å². The molecular formula is C16H15ClN6. The third kappa shape index (κ3) is 2.26. The Bertz CT molecular complexity index is 1020. The highest BCUT2D eigenvalue weighted by atomic mass is 35.5. The van der Waals surface area contributed by atoms with Crippen molar-refractivity contribution in [3.8, 4) is 5.69 Å². The molecule has 7 heteroatoms. The summed E-state index contributed by atoms with van der Waals surface area (Å²) in [6, 6.07) is 5.84. The lowest BCUT2D eigenvalue weighted by Crippen LogP contribution is -1.99. The minimum absolute atomic E-state index is 0.708. The Morgan fingerprint density at radius 3 is 2.87 bits per heavy atom. The normalized spacial score (nSPS) is 11.6. The standard InChI is InChI=1S/C16H15ClN6/c1-3-4-14-20-16-12-8-19-23(15(12)18-9-22(16)21-14)11-6-5-10(2)13(17)7-11/h5-9H,3-4H2,1-2H3. The second-order valence-electron chi connectivity index (χ2n) is 5.52. The third-order valence-corrected chi connectivity index (χ3v) is 4.23. The van der Waals surface area contributed by atoms with Crippen LogP contribution in [0, 0.1) is 6.92 Å². The fourth-order valence-electron chi connectivity index (χ4n) is 2.60. The summed E-state index contributed by atoms with van der Waals surface area (Å²) >= 11 is 6.23. The molecule has 0 fully saturated rings. The molecule has 0 aliphatic carbocycles. The number of nitrogens with zero attached hydrogens (tertiary/aromatic N) is 6. The number of hydrogen-bond donors (Lipinski definition) is 0. The summed E-state index contributed by atoms with van der Waals surface area (Å²) in [4.78, 5) is 9.09. The van der Waals surface area contributed by atoms with E-state index in [0.29, 0.717) is 5.02 Å². The van der Waals surface area contributed by atoms with E-state index >= 15 is 0 Å². The average Bonchev–Trinajstić information content (AvgIpc) is 3.13. The van der Waals surface area contributed by atoms with E-state index in [0.717, 1.165) is 46.6 Å². The summed E-state index contributed by atoms with van der Waals surface area (Å²) in [7, 11) is 0. The molecule has 0 unspecified atom stereocenters. The molecule has 4 rings (SSSR count). The lowest BCUT2D eigenvalue weighted by molar-refractivity contribution is 0.811. The van der Waals surface area contributed by atoms with Gasteiger partial charge in [-0.3, -0.25) is 0 Å². The van der Waals surface area contributed by atoms with E-state index in [2.05, 4.69) is 27.1 Å². The van der Waals surface area contributed by atoms with Gasteiger partial charge < -0.3 is 0 Å². The molecule has 23 heavy (non-hydrogen) atoms. The Morgan fingerprint density at radius 1 is 1.22 bits per heavy atom. The van der Waals surface area contributed by atoms with Gasteiger partial charge in [0.15, 0.2) is 17.1 Å². The van der Waals surface area contributed by atoms with Gasteiger partial charge in [0.2, 0.25) is 0 Å². The quantitative estimate of drug-likeness (QED) is 0.579. The predicted molar refractivity (Wildman–Crippen MR) is 89.2 cm³/mol. The summed E-state index contributed by atoms with van der Waals surface area (Å²) in [5.74, 6) is 0.827. The maximum Gasteiger partial charge on any atom is 0.170 e. The first-order chi connectivity index (χ1) is 11.2. The van der Waals surface area contributed by atoms with Crippen molar-refractivity contribution in [2.24, 2.45) is 0 Å². The Balaban J connectivity index is 1.92. The summed E-state index contributed by atoms with van der Waals surface area (Å²) in [6.07, 6.45) is 5.31. The van der Waals surface area contributed by atoms with Crippen LogP contribution in [0.2, 0.25) is 5.02 Å². The number of benzene rings is 1. The van der Waals surface area contributed by atoms with Crippen LogP contribution in [-0.4, -0.2) is 29.4 Å². The zero-order valence-corrected chi connectivity index (χ0v) is 13.6. The first kappa shape index (κ1) is 14.1. The van der Waals surface area contributed by atoms with Crippen molar-refractivity contribution in [3.05, 3.63) is 47.1 Å². The second-order valence-corrected chi connectivity index (χ2v) is 5.93. The van der Waals surface area contributed by atoms with Crippen LogP contribution in [-0.2, 0) is 6.42 Å². The van der Waals surface area contributed by atoms with E-state index < -0.39 is 0 Å². The zero-order valence-electron chi connectivity index (χ0n) is 12.9. The summed E-state index contributed by atoms with van der Waals surface area (Å²) in [6.45, 7) is 4.08. The predicted octanol–water partition coefficient (Wildman–Crippen LogP) is 3.38. The van der Waals surface area contributed by atoms with Crippen molar-refractivity contribution >= 4 is 28.3 Å². The van der Waals surface area contributed by atoms with Crippen molar-refractivity contribution in [2.75, 3.05) is 0 Å². The first-order valence-corrected chi connectivity index (χ1v) is 7.89. The SMILES string of the molecule is CCCc1nc2c3cnn(-c4ccc(C)c(Cl)c4)c3ncn2n1. The van der Waals surface area contributed by atoms with Gasteiger partial charge in [0.25, 0.3) is 0 Å². The van der Waals surface area contributed by atoms with Crippen LogP contribution in [0.3, 0.4) is 0 Å². The molecule has 6 nitrogen and oxygen atoms in total. The second kappa shape index (κ2) is 5.31. The zero-order chi connectivity index (χ0) is 16.0. The summed E-state index contributed by atoms with van der Waals surface area (Å²) < 4.78 is 3.48. The van der Waals surface area contributed by atoms with Crippen LogP contribution >= 0.6 is 11.6 Å². The van der Waals surface area contributed by atoms with Crippen molar-refractivity contribution in [3.63, 3.8) is 0 Å². The van der Waals surface area contributed by atoms with Crippen LogP contribution in [0.15, 0.2) is 30.7 Å². The Hall–Kier alpha value is -2.47. The monoisotopic (exact) mass is 326 g/mol. The molecule has 0 aliphatic heterocycles. The van der Waals surface area contributed by atoms with Gasteiger partial charge in [-0.15, -0.1) is 5.10 Å². The molecular weight excluding hydrogens is 312 g/mol. The fourth-order valence-corrected chi connectivity index (χ4v) is 2.77. The Labute approximate surface area is 137 Å². The summed E-state index contributed by atoms with van der Waals surface area (Å²) in [5, 5.41) is 10.5. The molecule has 0 radical (unpaired) electrons. The number of halogens is 1. The van der Waals surface area contributed by atoms with Crippen molar-refractivity contribution in [1.29, 1.82) is 0 Å². The van der Waals surface area contributed by atoms with Gasteiger partial charge >= 0.3 is 0 Å². The van der Waals surface area contributed by atoms with E-state index in [1.54, 1.807) is 21.7 Å². The molecule has 0 N–H and O–H groups in total. The third-order valence-electron chi connectivity index (χ3n) is 3.82. The number of aromatic nitrogens is 6. The largest absolute Gasteiger partial charge is 0.216 e. The van der Waals surface area contributed by atoms with Crippen LogP contribution in [0.4, 0.5) is 0 Å². The van der Waals surface area contributed by atoms with Gasteiger partial charge in [0.1, 0.15) is 6.33 Å². The molecule has 0 spiro atoms. The molecule has 3 aromatic heterocycles. The average molecular weight is 327 g/mol. The lowest BCUT2D eigenvalue weighted by atomic mass is 10.2. The number of rotatable bonds is 3. The van der Waals surface area contributed by atoms with Gasteiger partial charge in [-0.25, -0.2) is 19.2 Å². The lowest BCUT2D eigenvalue weighted by Gasteiger charge is -2.05. The smallest absolute Gasteiger partial charge is 0.170 e. The van der Waals surface area contributed by atoms with E-state index in [4.69, 9.17) is 11.6 Å². The Morgan fingerprint density at radius 2 is 2.09 bits per heavy atom. The summed E-state index contributed by atoms with van der Waals surface area (Å²) in [5.41, 5.74) is 3.43. The van der Waals surface area contributed by atoms with E-state index in [1.807, 2.05) is 25.1 Å². The molecule has 0 aliphatic rings. The highest BCUT2D eigenvalue weighted by molar-refractivity contribution is 6.31. The van der Waals surface area contributed by atoms with Gasteiger partial charge in [-0.1, -0.05) is 24.6 Å². The van der Waals surface area contributed by atoms with Gasteiger partial charge in [0, 0.05) is 11.4 Å². The van der Waals surface area contributed by atoms with Gasteiger partial charge in [-0.05, 0) is 31.0 Å². The number of hydrogen-bond acceptors (Lipinski definition) is 4. The minimum Gasteiger partial charge on any atom is -0.216 e. The molecule has 0 bridgehead atoms. The molecule has 0 atom stereocenters. The van der Waals surface area contributed by atoms with Crippen LogP contribution in [0.1, 0.15) is 24.7 Å². The van der Waals surface area contributed by atoms with Crippen molar-refractivity contribution in [2.45, 2.75) is 26.7 Å². The molecule has 0 amide bonds. The molecule has 1 aromatic carbocycles. The maximum absolute atomic E-state index is 6.23. The maximum atomic E-state index is 6.23. The molecule has 0 saturated heterocycles. The highest BCUT2D eigenvalue weighted by Crippen LogP contribution is 2.23. The molecule has 116 valence electrons. The molecule has 4 aromatic rings. The van der Waals surface area contributed by atoms with Crippen LogP contribution in [0.25, 0.3) is 22.4 Å². The van der Waals surface area contributed by atoms with Crippen LogP contribution < -0.4 is 0 Å². The van der Waals surface area contributed by atoms with E-state index in [-0.39, 0.29) is 0 Å². The highest BCUT2D eigenvalue weighted by Gasteiger charge is 2.13. The number of aryl methyl sites for hydroxylation is 2. The van der Waals surface area contributed by atoms with Gasteiger partial charge in [-0.2, -0.15) is 5.10 Å². The minimum atomic E-state index is 0.708. The van der Waals surface area contributed by atoms with E-state index in [1.165, 1.54) is 0 Å². The first-order valence-electron chi connectivity index (χ1n) is 7.52. The van der Waals surface area contributed by atoms with E-state index in [9.17, 15) is 0 Å². The fraction of sp³-hybridized carbons (Fsp3) is 0.250. The van der Waals surface area contributed by atoms with Gasteiger partial charge in [0.05, 0.1) is 17.3 Å². The Kier molecular flexibility index (Phi) is 3.27. The molecule has 0 saturated carbocycles. The van der Waals surface area contributed by atoms with Crippen molar-refractivity contribution in [1.82, 2.24) is 29.4 Å².